The fraction of sp³-hybridized carbons (Fsp3) is 0.500. The Morgan fingerprint density at radius 2 is 1.90 bits per heavy atom. The molecule has 1 amide bonds. The summed E-state index contributed by atoms with van der Waals surface area (Å²) in [6.07, 6.45) is 1.17. The number of amides is 1. The Balaban J connectivity index is 2.88. The lowest BCUT2D eigenvalue weighted by molar-refractivity contribution is 0.0951. The lowest BCUT2D eigenvalue weighted by Gasteiger charge is -2.23. The van der Waals surface area contributed by atoms with Crippen molar-refractivity contribution in [2.45, 2.75) is 25.5 Å². The van der Waals surface area contributed by atoms with Crippen LogP contribution in [0.5, 0.6) is 0 Å². The van der Waals surface area contributed by atoms with Crippen LogP contribution < -0.4 is 10.6 Å². The maximum atomic E-state index is 12.2. The number of rotatable bonds is 5. The van der Waals surface area contributed by atoms with Crippen LogP contribution >= 0.6 is 0 Å². The Kier molecular flexibility index (Phi) is 4.81. The monoisotopic (exact) mass is 298 g/mol. The van der Waals surface area contributed by atoms with E-state index in [1.165, 1.54) is 6.26 Å². The van der Waals surface area contributed by atoms with Crippen molar-refractivity contribution in [1.82, 2.24) is 5.32 Å². The number of hydrogen-bond donors (Lipinski definition) is 2. The summed E-state index contributed by atoms with van der Waals surface area (Å²) < 4.78 is 22.2. The normalized spacial score (nSPS) is 12.1. The molecule has 0 unspecified atom stereocenters. The summed E-state index contributed by atoms with van der Waals surface area (Å²) in [7, 11) is -1.49. The number of anilines is 1. The molecular weight excluding hydrogens is 276 g/mol. The third-order valence-electron chi connectivity index (χ3n) is 3.37. The zero-order valence-corrected chi connectivity index (χ0v) is 13.4. The highest BCUT2D eigenvalue weighted by molar-refractivity contribution is 7.92. The van der Waals surface area contributed by atoms with Crippen molar-refractivity contribution in [3.63, 3.8) is 0 Å². The van der Waals surface area contributed by atoms with Gasteiger partial charge in [-0.3, -0.25) is 4.79 Å². The van der Waals surface area contributed by atoms with E-state index in [1.54, 1.807) is 27.0 Å². The molecule has 5 nitrogen and oxygen atoms in total. The van der Waals surface area contributed by atoms with Gasteiger partial charge in [0.15, 0.2) is 9.84 Å². The molecule has 112 valence electrons. The molecule has 1 aromatic carbocycles. The molecule has 0 aliphatic heterocycles. The highest BCUT2D eigenvalue weighted by Gasteiger charge is 2.30. The van der Waals surface area contributed by atoms with Crippen molar-refractivity contribution >= 4 is 21.4 Å². The molecular formula is C14H22N2O3S. The summed E-state index contributed by atoms with van der Waals surface area (Å²) in [6.45, 7) is 5.20. The zero-order chi connectivity index (χ0) is 15.6. The van der Waals surface area contributed by atoms with Gasteiger partial charge in [-0.1, -0.05) is 6.07 Å². The van der Waals surface area contributed by atoms with Gasteiger partial charge in [0.05, 0.1) is 10.3 Å². The van der Waals surface area contributed by atoms with Crippen molar-refractivity contribution in [2.75, 3.05) is 25.2 Å². The lowest BCUT2D eigenvalue weighted by Crippen LogP contribution is -2.43. The van der Waals surface area contributed by atoms with Crippen LogP contribution in [0.25, 0.3) is 0 Å². The molecule has 0 radical (unpaired) electrons. The van der Waals surface area contributed by atoms with E-state index in [9.17, 15) is 13.2 Å². The minimum Gasteiger partial charge on any atom is -0.387 e. The minimum absolute atomic E-state index is 0.0711. The molecule has 0 saturated heterocycles. The van der Waals surface area contributed by atoms with Gasteiger partial charge in [0, 0.05) is 25.5 Å². The molecule has 0 heterocycles. The van der Waals surface area contributed by atoms with Crippen LogP contribution in [0, 0.1) is 6.92 Å². The molecule has 0 aliphatic carbocycles. The summed E-state index contributed by atoms with van der Waals surface area (Å²) in [5.41, 5.74) is 2.27. The standard InChI is InChI=1S/C14H22N2O3S/c1-10-6-7-11(12(8-10)15-4)13(17)16-9-14(2,3)20(5,18)19/h6-8,15H,9H2,1-5H3,(H,16,17). The van der Waals surface area contributed by atoms with Gasteiger partial charge in [-0.2, -0.15) is 0 Å². The van der Waals surface area contributed by atoms with Gasteiger partial charge in [-0.25, -0.2) is 8.42 Å². The van der Waals surface area contributed by atoms with Crippen molar-refractivity contribution < 1.29 is 13.2 Å². The van der Waals surface area contributed by atoms with Crippen molar-refractivity contribution in [1.29, 1.82) is 0 Å². The van der Waals surface area contributed by atoms with Gasteiger partial charge in [0.1, 0.15) is 0 Å². The first kappa shape index (κ1) is 16.5. The third kappa shape index (κ3) is 3.72. The zero-order valence-electron chi connectivity index (χ0n) is 12.6. The van der Waals surface area contributed by atoms with Crippen LogP contribution in [0.1, 0.15) is 29.8 Å². The fourth-order valence-corrected chi connectivity index (χ4v) is 1.92. The van der Waals surface area contributed by atoms with E-state index in [2.05, 4.69) is 10.6 Å². The van der Waals surface area contributed by atoms with E-state index in [0.29, 0.717) is 5.56 Å². The number of carbonyl (C=O) groups excluding carboxylic acids is 1. The van der Waals surface area contributed by atoms with Crippen LogP contribution in [0.4, 0.5) is 5.69 Å². The Hall–Kier alpha value is -1.56. The smallest absolute Gasteiger partial charge is 0.253 e. The van der Waals surface area contributed by atoms with Crippen LogP contribution in [0.3, 0.4) is 0 Å². The molecule has 20 heavy (non-hydrogen) atoms. The molecule has 0 bridgehead atoms. The summed E-state index contributed by atoms with van der Waals surface area (Å²) in [4.78, 5) is 12.2. The Bertz CT molecular complexity index is 607. The number of benzene rings is 1. The molecule has 0 aliphatic rings. The Morgan fingerprint density at radius 1 is 1.30 bits per heavy atom. The first-order valence-corrected chi connectivity index (χ1v) is 8.24. The number of aryl methyl sites for hydroxylation is 1. The van der Waals surface area contributed by atoms with Gasteiger partial charge < -0.3 is 10.6 Å². The quantitative estimate of drug-likeness (QED) is 0.865. The van der Waals surface area contributed by atoms with Crippen molar-refractivity contribution in [2.24, 2.45) is 0 Å². The first-order chi connectivity index (χ1) is 9.08. The molecule has 2 N–H and O–H groups in total. The van der Waals surface area contributed by atoms with Gasteiger partial charge in [-0.15, -0.1) is 0 Å². The maximum Gasteiger partial charge on any atom is 0.253 e. The lowest BCUT2D eigenvalue weighted by atomic mass is 10.1. The van der Waals surface area contributed by atoms with Crippen LogP contribution in [-0.4, -0.2) is 38.9 Å². The summed E-state index contributed by atoms with van der Waals surface area (Å²) in [5, 5.41) is 5.65. The average Bonchev–Trinajstić information content (AvgIpc) is 2.34. The van der Waals surface area contributed by atoms with Gasteiger partial charge >= 0.3 is 0 Å². The third-order valence-corrected chi connectivity index (χ3v) is 5.52. The fourth-order valence-electron chi connectivity index (χ4n) is 1.58. The number of sulfone groups is 1. The van der Waals surface area contributed by atoms with E-state index in [1.807, 2.05) is 19.1 Å². The Labute approximate surface area is 120 Å². The predicted molar refractivity (Wildman–Crippen MR) is 82.0 cm³/mol. The van der Waals surface area contributed by atoms with Gasteiger partial charge in [0.25, 0.3) is 5.91 Å². The minimum atomic E-state index is -3.23. The molecule has 1 aromatic rings. The van der Waals surface area contributed by atoms with E-state index in [0.717, 1.165) is 11.3 Å². The van der Waals surface area contributed by atoms with Crippen molar-refractivity contribution in [3.8, 4) is 0 Å². The molecule has 1 rings (SSSR count). The topological polar surface area (TPSA) is 75.3 Å². The second-order valence-electron chi connectivity index (χ2n) is 5.51. The molecule has 0 aromatic heterocycles. The second kappa shape index (κ2) is 5.83. The SMILES string of the molecule is CNc1cc(C)ccc1C(=O)NCC(C)(C)S(C)(=O)=O. The molecule has 0 fully saturated rings. The van der Waals surface area contributed by atoms with Crippen LogP contribution in [0.2, 0.25) is 0 Å². The highest BCUT2D eigenvalue weighted by atomic mass is 32.2. The van der Waals surface area contributed by atoms with Crippen LogP contribution in [-0.2, 0) is 9.84 Å². The first-order valence-electron chi connectivity index (χ1n) is 6.34. The van der Waals surface area contributed by atoms with Gasteiger partial charge in [0.2, 0.25) is 0 Å². The number of carbonyl (C=O) groups is 1. The molecule has 0 spiro atoms. The second-order valence-corrected chi connectivity index (χ2v) is 8.16. The largest absolute Gasteiger partial charge is 0.387 e. The molecule has 0 saturated carbocycles. The molecule has 6 heteroatoms. The van der Waals surface area contributed by atoms with Gasteiger partial charge in [-0.05, 0) is 38.5 Å². The van der Waals surface area contributed by atoms with E-state index in [4.69, 9.17) is 0 Å². The van der Waals surface area contributed by atoms with E-state index >= 15 is 0 Å². The van der Waals surface area contributed by atoms with Crippen LogP contribution in [0.15, 0.2) is 18.2 Å². The average molecular weight is 298 g/mol. The van der Waals surface area contributed by atoms with E-state index < -0.39 is 14.6 Å². The van der Waals surface area contributed by atoms with E-state index in [-0.39, 0.29) is 12.5 Å². The predicted octanol–water partition coefficient (Wildman–Crippen LogP) is 1.59. The Morgan fingerprint density at radius 3 is 2.40 bits per heavy atom. The summed E-state index contributed by atoms with van der Waals surface area (Å²) in [5.74, 6) is -0.286. The number of nitrogens with one attached hydrogen (secondary N) is 2. The van der Waals surface area contributed by atoms with Crippen molar-refractivity contribution in [3.05, 3.63) is 29.3 Å². The molecule has 0 atom stereocenters. The number of hydrogen-bond acceptors (Lipinski definition) is 4. The highest BCUT2D eigenvalue weighted by Crippen LogP contribution is 2.18. The summed E-state index contributed by atoms with van der Waals surface area (Å²) >= 11 is 0. The summed E-state index contributed by atoms with van der Waals surface area (Å²) in [6, 6.07) is 5.44. The maximum absolute atomic E-state index is 12.2.